The molecular weight excluding hydrogens is 204 g/mol. The number of allylic oxidation sites excluding steroid dienone is 1. The Morgan fingerprint density at radius 3 is 2.88 bits per heavy atom. The number of esters is 1. The first-order chi connectivity index (χ1) is 7.63. The zero-order valence-corrected chi connectivity index (χ0v) is 9.18. The molecule has 1 atom stereocenters. The lowest BCUT2D eigenvalue weighted by molar-refractivity contribution is -0.140. The zero-order valence-electron chi connectivity index (χ0n) is 9.18. The largest absolute Gasteiger partial charge is 0.439 e. The average molecular weight is 216 g/mol. The molecule has 0 aliphatic rings. The SMILES string of the molecule is CC(C)=CC(=O)OC(C#N)c1cccnc1. The van der Waals surface area contributed by atoms with Crippen LogP contribution in [0.15, 0.2) is 36.2 Å². The number of hydrogen-bond acceptors (Lipinski definition) is 4. The summed E-state index contributed by atoms with van der Waals surface area (Å²) in [6.45, 7) is 3.57. The molecule has 0 saturated carbocycles. The minimum atomic E-state index is -0.906. The van der Waals surface area contributed by atoms with Gasteiger partial charge in [-0.3, -0.25) is 4.98 Å². The van der Waals surface area contributed by atoms with E-state index in [1.54, 1.807) is 32.2 Å². The second-order valence-electron chi connectivity index (χ2n) is 3.45. The van der Waals surface area contributed by atoms with Crippen molar-refractivity contribution in [2.75, 3.05) is 0 Å². The van der Waals surface area contributed by atoms with Crippen LogP contribution in [0.3, 0.4) is 0 Å². The lowest BCUT2D eigenvalue weighted by Gasteiger charge is -2.08. The number of aromatic nitrogens is 1. The summed E-state index contributed by atoms with van der Waals surface area (Å²) in [5.41, 5.74) is 1.40. The maximum absolute atomic E-state index is 11.3. The highest BCUT2D eigenvalue weighted by molar-refractivity contribution is 5.83. The van der Waals surface area contributed by atoms with E-state index in [4.69, 9.17) is 10.00 Å². The summed E-state index contributed by atoms with van der Waals surface area (Å²) in [6, 6.07) is 5.29. The van der Waals surface area contributed by atoms with E-state index in [1.165, 1.54) is 12.3 Å². The second-order valence-corrected chi connectivity index (χ2v) is 3.45. The molecule has 4 nitrogen and oxygen atoms in total. The van der Waals surface area contributed by atoms with Gasteiger partial charge in [-0.05, 0) is 19.9 Å². The van der Waals surface area contributed by atoms with Crippen molar-refractivity contribution >= 4 is 5.97 Å². The normalized spacial score (nSPS) is 11.1. The number of carbonyl (C=O) groups excluding carboxylic acids is 1. The van der Waals surface area contributed by atoms with Gasteiger partial charge in [-0.1, -0.05) is 11.6 Å². The highest BCUT2D eigenvalue weighted by Crippen LogP contribution is 2.15. The van der Waals surface area contributed by atoms with E-state index in [0.29, 0.717) is 5.56 Å². The molecule has 0 aliphatic heterocycles. The molecule has 0 aliphatic carbocycles. The minimum Gasteiger partial charge on any atom is -0.439 e. The third-order valence-corrected chi connectivity index (χ3v) is 1.74. The molecule has 1 rings (SSSR count). The number of rotatable bonds is 3. The summed E-state index contributed by atoms with van der Waals surface area (Å²) in [7, 11) is 0. The van der Waals surface area contributed by atoms with Crippen LogP contribution in [0, 0.1) is 11.3 Å². The summed E-state index contributed by atoms with van der Waals surface area (Å²) < 4.78 is 4.98. The van der Waals surface area contributed by atoms with E-state index >= 15 is 0 Å². The minimum absolute atomic E-state index is 0.518. The topological polar surface area (TPSA) is 63.0 Å². The van der Waals surface area contributed by atoms with E-state index in [0.717, 1.165) is 5.57 Å². The van der Waals surface area contributed by atoms with Gasteiger partial charge in [0.15, 0.2) is 0 Å². The Kier molecular flexibility index (Phi) is 4.22. The summed E-state index contributed by atoms with van der Waals surface area (Å²) in [4.78, 5) is 15.2. The molecule has 82 valence electrons. The van der Waals surface area contributed by atoms with Gasteiger partial charge in [-0.15, -0.1) is 0 Å². The highest BCUT2D eigenvalue weighted by atomic mass is 16.5. The maximum atomic E-state index is 11.3. The number of carbonyl (C=O) groups is 1. The van der Waals surface area contributed by atoms with E-state index in [2.05, 4.69) is 4.98 Å². The van der Waals surface area contributed by atoms with E-state index in [1.807, 2.05) is 6.07 Å². The third kappa shape index (κ3) is 3.54. The van der Waals surface area contributed by atoms with Crippen LogP contribution >= 0.6 is 0 Å². The second kappa shape index (κ2) is 5.66. The van der Waals surface area contributed by atoms with Crippen molar-refractivity contribution in [2.24, 2.45) is 0 Å². The number of nitrogens with zero attached hydrogens (tertiary/aromatic N) is 2. The summed E-state index contributed by atoms with van der Waals surface area (Å²) in [5.74, 6) is -0.518. The van der Waals surface area contributed by atoms with Gasteiger partial charge in [-0.2, -0.15) is 5.26 Å². The highest BCUT2D eigenvalue weighted by Gasteiger charge is 2.14. The molecule has 0 spiro atoms. The Morgan fingerprint density at radius 1 is 1.62 bits per heavy atom. The molecule has 1 unspecified atom stereocenters. The molecule has 0 fully saturated rings. The Labute approximate surface area is 94.2 Å². The fraction of sp³-hybridized carbons (Fsp3) is 0.250. The van der Waals surface area contributed by atoms with Crippen LogP contribution < -0.4 is 0 Å². The number of pyridine rings is 1. The maximum Gasteiger partial charge on any atom is 0.332 e. The van der Waals surface area contributed by atoms with Crippen LogP contribution in [0.1, 0.15) is 25.5 Å². The molecule has 0 aromatic carbocycles. The van der Waals surface area contributed by atoms with Crippen molar-refractivity contribution in [3.05, 3.63) is 41.7 Å². The smallest absolute Gasteiger partial charge is 0.332 e. The van der Waals surface area contributed by atoms with Gasteiger partial charge in [0.25, 0.3) is 0 Å². The van der Waals surface area contributed by atoms with Gasteiger partial charge < -0.3 is 4.74 Å². The molecule has 1 aromatic rings. The summed E-state index contributed by atoms with van der Waals surface area (Å²) >= 11 is 0. The van der Waals surface area contributed by atoms with Gasteiger partial charge in [0.05, 0.1) is 0 Å². The Balaban J connectivity index is 2.76. The van der Waals surface area contributed by atoms with E-state index in [-0.39, 0.29) is 0 Å². The van der Waals surface area contributed by atoms with Crippen LogP contribution in [0.5, 0.6) is 0 Å². The molecule has 0 saturated heterocycles. The zero-order chi connectivity index (χ0) is 12.0. The van der Waals surface area contributed by atoms with Crippen LogP contribution in [-0.2, 0) is 9.53 Å². The fourth-order valence-corrected chi connectivity index (χ4v) is 1.09. The first kappa shape index (κ1) is 11.9. The quantitative estimate of drug-likeness (QED) is 0.573. The third-order valence-electron chi connectivity index (χ3n) is 1.74. The van der Waals surface area contributed by atoms with Crippen LogP contribution in [-0.4, -0.2) is 11.0 Å². The first-order valence-electron chi connectivity index (χ1n) is 4.78. The van der Waals surface area contributed by atoms with Crippen molar-refractivity contribution < 1.29 is 9.53 Å². The van der Waals surface area contributed by atoms with Gasteiger partial charge in [0.1, 0.15) is 6.07 Å². The Bertz CT molecular complexity index is 428. The Morgan fingerprint density at radius 2 is 2.38 bits per heavy atom. The molecule has 0 amide bonds. The van der Waals surface area contributed by atoms with Crippen molar-refractivity contribution in [3.63, 3.8) is 0 Å². The van der Waals surface area contributed by atoms with Crippen LogP contribution in [0.2, 0.25) is 0 Å². The van der Waals surface area contributed by atoms with E-state index in [9.17, 15) is 4.79 Å². The van der Waals surface area contributed by atoms with Crippen LogP contribution in [0.25, 0.3) is 0 Å². The standard InChI is InChI=1S/C12H12N2O2/c1-9(2)6-12(15)16-11(7-13)10-4-3-5-14-8-10/h3-6,8,11H,1-2H3. The van der Waals surface area contributed by atoms with Crippen molar-refractivity contribution in [3.8, 4) is 6.07 Å². The molecule has 16 heavy (non-hydrogen) atoms. The first-order valence-corrected chi connectivity index (χ1v) is 4.78. The lowest BCUT2D eigenvalue weighted by atomic mass is 10.2. The molecule has 1 aromatic heterocycles. The van der Waals surface area contributed by atoms with Crippen molar-refractivity contribution in [2.45, 2.75) is 20.0 Å². The van der Waals surface area contributed by atoms with E-state index < -0.39 is 12.1 Å². The molecule has 1 heterocycles. The monoisotopic (exact) mass is 216 g/mol. The van der Waals surface area contributed by atoms with Gasteiger partial charge in [-0.25, -0.2) is 4.79 Å². The summed E-state index contributed by atoms with van der Waals surface area (Å²) in [6.07, 6.45) is 3.54. The lowest BCUT2D eigenvalue weighted by Crippen LogP contribution is -2.08. The molecule has 0 N–H and O–H groups in total. The van der Waals surface area contributed by atoms with Gasteiger partial charge in [0, 0.05) is 24.0 Å². The van der Waals surface area contributed by atoms with Crippen LogP contribution in [0.4, 0.5) is 0 Å². The predicted molar refractivity (Wildman–Crippen MR) is 58.1 cm³/mol. The number of hydrogen-bond donors (Lipinski definition) is 0. The predicted octanol–water partition coefficient (Wildman–Crippen LogP) is 2.16. The molecule has 4 heteroatoms. The Hall–Kier alpha value is -2.15. The van der Waals surface area contributed by atoms with Gasteiger partial charge in [0.2, 0.25) is 6.10 Å². The van der Waals surface area contributed by atoms with Crippen molar-refractivity contribution in [1.29, 1.82) is 5.26 Å². The molecule has 0 bridgehead atoms. The average Bonchev–Trinajstić information content (AvgIpc) is 2.26. The number of nitriles is 1. The fourth-order valence-electron chi connectivity index (χ4n) is 1.09. The summed E-state index contributed by atoms with van der Waals surface area (Å²) in [5, 5.41) is 8.89. The molecular formula is C12H12N2O2. The molecule has 0 radical (unpaired) electrons. The van der Waals surface area contributed by atoms with Gasteiger partial charge >= 0.3 is 5.97 Å². The van der Waals surface area contributed by atoms with Crippen molar-refractivity contribution in [1.82, 2.24) is 4.98 Å². The number of ether oxygens (including phenoxy) is 1.